The third-order valence-electron chi connectivity index (χ3n) is 4.00. The van der Waals surface area contributed by atoms with Gasteiger partial charge in [0, 0.05) is 13.6 Å². The maximum absolute atomic E-state index is 12.5. The number of amides is 2. The molecule has 1 atom stereocenters. The predicted octanol–water partition coefficient (Wildman–Crippen LogP) is 0.631. The minimum atomic E-state index is -0.830. The number of hydrogen-bond acceptors (Lipinski definition) is 3. The van der Waals surface area contributed by atoms with Crippen LogP contribution in [0.15, 0.2) is 0 Å². The highest BCUT2D eigenvalue weighted by Gasteiger charge is 2.40. The summed E-state index contributed by atoms with van der Waals surface area (Å²) in [5.74, 6) is -0.168. The number of nitrogens with two attached hydrogens (primary N) is 1. The maximum Gasteiger partial charge on any atom is 0.243 e. The molecular weight excluding hydrogens is 230 g/mol. The third kappa shape index (κ3) is 2.83. The molecule has 5 nitrogen and oxygen atoms in total. The molecule has 0 radical (unpaired) electrons. The molecule has 0 spiro atoms. The molecule has 1 fully saturated rings. The fourth-order valence-electron chi connectivity index (χ4n) is 2.45. The number of piperidine rings is 1. The highest BCUT2D eigenvalue weighted by atomic mass is 16.2. The van der Waals surface area contributed by atoms with Gasteiger partial charge >= 0.3 is 0 Å². The molecule has 1 aliphatic rings. The Morgan fingerprint density at radius 1 is 1.33 bits per heavy atom. The van der Waals surface area contributed by atoms with Crippen molar-refractivity contribution in [1.29, 1.82) is 0 Å². The van der Waals surface area contributed by atoms with Crippen LogP contribution in [0.4, 0.5) is 0 Å². The Balaban J connectivity index is 2.90. The number of likely N-dealkylation sites (N-methyl/N-ethyl adjacent to an activating group) is 1. The molecule has 0 aliphatic carbocycles. The van der Waals surface area contributed by atoms with E-state index in [0.29, 0.717) is 19.4 Å². The van der Waals surface area contributed by atoms with E-state index in [0.717, 1.165) is 19.3 Å². The molecule has 1 unspecified atom stereocenters. The number of likely N-dealkylation sites (tertiary alicyclic amines) is 1. The lowest BCUT2D eigenvalue weighted by Gasteiger charge is -2.39. The van der Waals surface area contributed by atoms with Gasteiger partial charge in [-0.3, -0.25) is 9.59 Å². The van der Waals surface area contributed by atoms with Crippen molar-refractivity contribution in [2.75, 3.05) is 13.6 Å². The quantitative estimate of drug-likeness (QED) is 0.773. The van der Waals surface area contributed by atoms with Gasteiger partial charge in [-0.15, -0.1) is 0 Å². The first-order chi connectivity index (χ1) is 8.50. The summed E-state index contributed by atoms with van der Waals surface area (Å²) in [6, 6.07) is -0.350. The zero-order chi connectivity index (χ0) is 13.8. The van der Waals surface area contributed by atoms with Crippen LogP contribution in [-0.2, 0) is 9.59 Å². The zero-order valence-electron chi connectivity index (χ0n) is 11.7. The number of nitrogens with one attached hydrogen (secondary N) is 1. The van der Waals surface area contributed by atoms with Crippen LogP contribution in [-0.4, -0.2) is 41.9 Å². The molecule has 0 saturated carbocycles. The molecule has 5 heteroatoms. The molecule has 0 aromatic carbocycles. The molecule has 0 aromatic heterocycles. The van der Waals surface area contributed by atoms with Crippen LogP contribution < -0.4 is 11.1 Å². The van der Waals surface area contributed by atoms with Crippen molar-refractivity contribution >= 4 is 11.8 Å². The number of nitrogens with zero attached hydrogens (tertiary/aromatic N) is 1. The van der Waals surface area contributed by atoms with E-state index < -0.39 is 5.54 Å². The average molecular weight is 255 g/mol. The molecule has 1 rings (SSSR count). The van der Waals surface area contributed by atoms with Crippen LogP contribution in [0.1, 0.15) is 46.0 Å². The lowest BCUT2D eigenvalue weighted by Crippen LogP contribution is -2.61. The van der Waals surface area contributed by atoms with Crippen LogP contribution in [0, 0.1) is 0 Å². The Morgan fingerprint density at radius 3 is 2.44 bits per heavy atom. The highest BCUT2D eigenvalue weighted by Crippen LogP contribution is 2.23. The fraction of sp³-hybridized carbons (Fsp3) is 0.846. The van der Waals surface area contributed by atoms with Gasteiger partial charge < -0.3 is 16.0 Å². The normalized spacial score (nSPS) is 20.7. The van der Waals surface area contributed by atoms with Gasteiger partial charge in [0.15, 0.2) is 0 Å². The smallest absolute Gasteiger partial charge is 0.243 e. The monoisotopic (exact) mass is 255 g/mol. The topological polar surface area (TPSA) is 75.4 Å². The molecule has 1 saturated heterocycles. The Hall–Kier alpha value is -1.10. The van der Waals surface area contributed by atoms with Crippen LogP contribution in [0.2, 0.25) is 0 Å². The molecule has 104 valence electrons. The lowest BCUT2D eigenvalue weighted by molar-refractivity contribution is -0.146. The summed E-state index contributed by atoms with van der Waals surface area (Å²) in [6.07, 6.45) is 3.86. The van der Waals surface area contributed by atoms with Gasteiger partial charge in [0.05, 0.1) is 5.54 Å². The number of hydrogen-bond donors (Lipinski definition) is 2. The first-order valence-corrected chi connectivity index (χ1v) is 6.81. The summed E-state index contributed by atoms with van der Waals surface area (Å²) in [7, 11) is 1.61. The molecular formula is C13H25N3O2. The predicted molar refractivity (Wildman–Crippen MR) is 70.9 cm³/mol. The van der Waals surface area contributed by atoms with Crippen molar-refractivity contribution in [3.05, 3.63) is 0 Å². The van der Waals surface area contributed by atoms with Gasteiger partial charge in [0.2, 0.25) is 11.8 Å². The second-order valence-electron chi connectivity index (χ2n) is 4.99. The van der Waals surface area contributed by atoms with Crippen LogP contribution in [0.3, 0.4) is 0 Å². The first-order valence-electron chi connectivity index (χ1n) is 6.81. The molecule has 1 aliphatic heterocycles. The molecule has 3 N–H and O–H groups in total. The maximum atomic E-state index is 12.5. The van der Waals surface area contributed by atoms with Crippen molar-refractivity contribution in [2.24, 2.45) is 5.73 Å². The summed E-state index contributed by atoms with van der Waals surface area (Å²) in [4.78, 5) is 26.0. The standard InChI is InChI=1S/C13H25N3O2/c1-4-13(14,5-2)12(18)16-9-7-6-8-10(16)11(17)15-3/h10H,4-9,14H2,1-3H3,(H,15,17). The van der Waals surface area contributed by atoms with Crippen LogP contribution >= 0.6 is 0 Å². The minimum absolute atomic E-state index is 0.0826. The zero-order valence-corrected chi connectivity index (χ0v) is 11.7. The van der Waals surface area contributed by atoms with Crippen LogP contribution in [0.5, 0.6) is 0 Å². The van der Waals surface area contributed by atoms with E-state index in [9.17, 15) is 9.59 Å². The summed E-state index contributed by atoms with van der Waals surface area (Å²) >= 11 is 0. The minimum Gasteiger partial charge on any atom is -0.357 e. The van der Waals surface area contributed by atoms with E-state index in [1.807, 2.05) is 13.8 Å². The van der Waals surface area contributed by atoms with E-state index in [1.54, 1.807) is 11.9 Å². The van der Waals surface area contributed by atoms with E-state index in [4.69, 9.17) is 5.73 Å². The molecule has 2 amide bonds. The van der Waals surface area contributed by atoms with Gasteiger partial charge in [-0.05, 0) is 32.1 Å². The molecule has 0 bridgehead atoms. The van der Waals surface area contributed by atoms with Crippen molar-refractivity contribution in [3.8, 4) is 0 Å². The van der Waals surface area contributed by atoms with Gasteiger partial charge in [0.1, 0.15) is 6.04 Å². The molecule has 0 aromatic rings. The molecule has 18 heavy (non-hydrogen) atoms. The summed E-state index contributed by atoms with van der Waals surface area (Å²) in [5, 5.41) is 2.63. The summed E-state index contributed by atoms with van der Waals surface area (Å²) < 4.78 is 0. The number of carbonyl (C=O) groups excluding carboxylic acids is 2. The SMILES string of the molecule is CCC(N)(CC)C(=O)N1CCCCC1C(=O)NC. The second kappa shape index (κ2) is 6.18. The summed E-state index contributed by atoms with van der Waals surface area (Å²) in [6.45, 7) is 4.47. The Bertz CT molecular complexity index is 313. The third-order valence-corrected chi connectivity index (χ3v) is 4.00. The van der Waals surface area contributed by atoms with E-state index >= 15 is 0 Å². The average Bonchev–Trinajstić information content (AvgIpc) is 2.44. The van der Waals surface area contributed by atoms with Gasteiger partial charge in [-0.2, -0.15) is 0 Å². The molecule has 1 heterocycles. The van der Waals surface area contributed by atoms with Crippen molar-refractivity contribution in [3.63, 3.8) is 0 Å². The van der Waals surface area contributed by atoms with Gasteiger partial charge in [-0.25, -0.2) is 0 Å². The highest BCUT2D eigenvalue weighted by molar-refractivity contribution is 5.92. The summed E-state index contributed by atoms with van der Waals surface area (Å²) in [5.41, 5.74) is 5.32. The van der Waals surface area contributed by atoms with Gasteiger partial charge in [0.25, 0.3) is 0 Å². The van der Waals surface area contributed by atoms with Crippen molar-refractivity contribution in [1.82, 2.24) is 10.2 Å². The number of carbonyl (C=O) groups is 2. The second-order valence-corrected chi connectivity index (χ2v) is 4.99. The largest absolute Gasteiger partial charge is 0.357 e. The lowest BCUT2D eigenvalue weighted by atomic mass is 9.90. The Labute approximate surface area is 109 Å². The van der Waals surface area contributed by atoms with Crippen molar-refractivity contribution < 1.29 is 9.59 Å². The Morgan fingerprint density at radius 2 is 1.94 bits per heavy atom. The van der Waals surface area contributed by atoms with E-state index in [1.165, 1.54) is 0 Å². The fourth-order valence-corrected chi connectivity index (χ4v) is 2.45. The Kier molecular flexibility index (Phi) is 5.14. The number of rotatable bonds is 4. The van der Waals surface area contributed by atoms with E-state index in [-0.39, 0.29) is 17.9 Å². The van der Waals surface area contributed by atoms with Crippen molar-refractivity contribution in [2.45, 2.75) is 57.5 Å². The first kappa shape index (κ1) is 15.0. The van der Waals surface area contributed by atoms with E-state index in [2.05, 4.69) is 5.32 Å². The van der Waals surface area contributed by atoms with Crippen LogP contribution in [0.25, 0.3) is 0 Å². The van der Waals surface area contributed by atoms with Gasteiger partial charge in [-0.1, -0.05) is 13.8 Å².